The first-order valence-corrected chi connectivity index (χ1v) is 9.53. The molecule has 2 aromatic carbocycles. The standard InChI is InChI=1S/C21H25ClO7/c1-11-8-12(13-5-7-16(27-3)14(22)9-13)4-6-15(11)28-20-21(2,26)19(25)18(24)17(10-23)29-20/h4-9,17-20,23-26H,10H2,1-3H3/t17?,18-,19?,20+,21+/m1/s1. The first kappa shape index (κ1) is 21.8. The molecule has 0 bridgehead atoms. The summed E-state index contributed by atoms with van der Waals surface area (Å²) in [6.07, 6.45) is -5.33. The predicted molar refractivity (Wildman–Crippen MR) is 107 cm³/mol. The van der Waals surface area contributed by atoms with Crippen LogP contribution in [0.25, 0.3) is 11.1 Å². The van der Waals surface area contributed by atoms with Gasteiger partial charge >= 0.3 is 0 Å². The number of methoxy groups -OCH3 is 1. The predicted octanol–water partition coefficient (Wildman–Crippen LogP) is 1.89. The monoisotopic (exact) mass is 424 g/mol. The van der Waals surface area contributed by atoms with Crippen molar-refractivity contribution < 1.29 is 34.6 Å². The van der Waals surface area contributed by atoms with Crippen LogP contribution in [0.3, 0.4) is 0 Å². The van der Waals surface area contributed by atoms with Crippen LogP contribution in [0, 0.1) is 6.92 Å². The van der Waals surface area contributed by atoms with Gasteiger partial charge in [-0.15, -0.1) is 0 Å². The second kappa shape index (κ2) is 8.47. The van der Waals surface area contributed by atoms with E-state index in [9.17, 15) is 20.4 Å². The van der Waals surface area contributed by atoms with Crippen LogP contribution >= 0.6 is 11.6 Å². The number of aryl methyl sites for hydroxylation is 1. The third kappa shape index (κ3) is 4.21. The van der Waals surface area contributed by atoms with Gasteiger partial charge in [-0.1, -0.05) is 23.7 Å². The SMILES string of the molecule is COc1ccc(-c2ccc(O[C@H]3OC(CO)[C@@H](O)C(O)[C@]3(C)O)c(C)c2)cc1Cl. The molecule has 0 radical (unpaired) electrons. The van der Waals surface area contributed by atoms with Crippen molar-refractivity contribution >= 4 is 11.6 Å². The van der Waals surface area contributed by atoms with Crippen LogP contribution in [-0.2, 0) is 4.74 Å². The van der Waals surface area contributed by atoms with Gasteiger partial charge in [-0.25, -0.2) is 0 Å². The second-order valence-corrected chi connectivity index (χ2v) is 7.70. The second-order valence-electron chi connectivity index (χ2n) is 7.30. The molecule has 29 heavy (non-hydrogen) atoms. The first-order valence-electron chi connectivity index (χ1n) is 9.15. The molecule has 0 amide bonds. The van der Waals surface area contributed by atoms with Crippen LogP contribution in [0.1, 0.15) is 12.5 Å². The number of hydrogen-bond acceptors (Lipinski definition) is 7. The Morgan fingerprint density at radius 3 is 2.28 bits per heavy atom. The Kier molecular flexibility index (Phi) is 6.38. The average Bonchev–Trinajstić information content (AvgIpc) is 2.69. The number of rotatable bonds is 5. The molecule has 4 N–H and O–H groups in total. The molecule has 8 heteroatoms. The van der Waals surface area contributed by atoms with Crippen molar-refractivity contribution in [3.8, 4) is 22.6 Å². The Bertz CT molecular complexity index is 870. The van der Waals surface area contributed by atoms with E-state index in [0.29, 0.717) is 16.5 Å². The molecule has 0 aliphatic carbocycles. The van der Waals surface area contributed by atoms with Gasteiger partial charge < -0.3 is 34.6 Å². The molecular weight excluding hydrogens is 400 g/mol. The Labute approximate surface area is 174 Å². The van der Waals surface area contributed by atoms with Crippen molar-refractivity contribution in [3.05, 3.63) is 47.0 Å². The Morgan fingerprint density at radius 2 is 1.72 bits per heavy atom. The summed E-state index contributed by atoms with van der Waals surface area (Å²) in [7, 11) is 1.55. The maximum absolute atomic E-state index is 10.6. The van der Waals surface area contributed by atoms with Crippen LogP contribution in [0.4, 0.5) is 0 Å². The molecule has 1 fully saturated rings. The molecule has 1 saturated heterocycles. The van der Waals surface area contributed by atoms with E-state index in [-0.39, 0.29) is 0 Å². The summed E-state index contributed by atoms with van der Waals surface area (Å²) in [4.78, 5) is 0. The summed E-state index contributed by atoms with van der Waals surface area (Å²) in [5.74, 6) is 1.02. The fourth-order valence-electron chi connectivity index (χ4n) is 3.29. The average molecular weight is 425 g/mol. The van der Waals surface area contributed by atoms with Crippen molar-refractivity contribution in [1.82, 2.24) is 0 Å². The molecule has 0 spiro atoms. The fraction of sp³-hybridized carbons (Fsp3) is 0.429. The molecule has 1 heterocycles. The zero-order valence-corrected chi connectivity index (χ0v) is 17.1. The zero-order valence-electron chi connectivity index (χ0n) is 16.4. The Morgan fingerprint density at radius 1 is 1.10 bits per heavy atom. The number of benzene rings is 2. The summed E-state index contributed by atoms with van der Waals surface area (Å²) in [6, 6.07) is 10.9. The van der Waals surface area contributed by atoms with Crippen LogP contribution in [0.2, 0.25) is 5.02 Å². The lowest BCUT2D eigenvalue weighted by atomic mass is 9.88. The minimum atomic E-state index is -1.88. The highest BCUT2D eigenvalue weighted by Gasteiger charge is 2.53. The molecule has 2 unspecified atom stereocenters. The lowest BCUT2D eigenvalue weighted by Gasteiger charge is -2.45. The lowest BCUT2D eigenvalue weighted by molar-refractivity contribution is -0.314. The Balaban J connectivity index is 1.84. The molecule has 158 valence electrons. The number of aliphatic hydroxyl groups excluding tert-OH is 3. The van der Waals surface area contributed by atoms with E-state index in [1.54, 1.807) is 25.3 Å². The first-order chi connectivity index (χ1) is 13.7. The third-order valence-electron chi connectivity index (χ3n) is 5.15. The topological polar surface area (TPSA) is 109 Å². The quantitative estimate of drug-likeness (QED) is 0.580. The normalized spacial score (nSPS) is 29.5. The van der Waals surface area contributed by atoms with Gasteiger partial charge in [0.1, 0.15) is 29.8 Å². The molecule has 0 aromatic heterocycles. The molecule has 3 rings (SSSR count). The molecule has 0 saturated carbocycles. The van der Waals surface area contributed by atoms with Gasteiger partial charge in [0.15, 0.2) is 5.60 Å². The minimum Gasteiger partial charge on any atom is -0.495 e. The molecular formula is C21H25ClO7. The van der Waals surface area contributed by atoms with Crippen molar-refractivity contribution in [2.24, 2.45) is 0 Å². The maximum Gasteiger partial charge on any atom is 0.231 e. The van der Waals surface area contributed by atoms with Gasteiger partial charge in [0.25, 0.3) is 0 Å². The highest BCUT2D eigenvalue weighted by Crippen LogP contribution is 2.35. The van der Waals surface area contributed by atoms with E-state index < -0.39 is 36.8 Å². The summed E-state index contributed by atoms with van der Waals surface area (Å²) < 4.78 is 16.5. The van der Waals surface area contributed by atoms with Gasteiger partial charge in [-0.05, 0) is 54.8 Å². The highest BCUT2D eigenvalue weighted by atomic mass is 35.5. The van der Waals surface area contributed by atoms with E-state index >= 15 is 0 Å². The summed E-state index contributed by atoms with van der Waals surface area (Å²) in [5, 5.41) is 40.6. The van der Waals surface area contributed by atoms with Crippen molar-refractivity contribution in [2.75, 3.05) is 13.7 Å². The van der Waals surface area contributed by atoms with E-state index in [1.807, 2.05) is 25.1 Å². The summed E-state index contributed by atoms with van der Waals surface area (Å²) >= 11 is 6.20. The highest BCUT2D eigenvalue weighted by molar-refractivity contribution is 6.32. The van der Waals surface area contributed by atoms with Gasteiger partial charge in [0.2, 0.25) is 6.29 Å². The van der Waals surface area contributed by atoms with Crippen LogP contribution < -0.4 is 9.47 Å². The van der Waals surface area contributed by atoms with E-state index in [0.717, 1.165) is 16.7 Å². The number of hydrogen-bond donors (Lipinski definition) is 4. The van der Waals surface area contributed by atoms with E-state index in [4.69, 9.17) is 25.8 Å². The minimum absolute atomic E-state index is 0.430. The number of halogens is 1. The van der Waals surface area contributed by atoms with E-state index in [1.165, 1.54) is 6.92 Å². The van der Waals surface area contributed by atoms with Crippen LogP contribution in [-0.4, -0.2) is 64.3 Å². The maximum atomic E-state index is 10.6. The zero-order chi connectivity index (χ0) is 21.3. The van der Waals surface area contributed by atoms with Crippen LogP contribution in [0.5, 0.6) is 11.5 Å². The fourth-order valence-corrected chi connectivity index (χ4v) is 3.54. The third-order valence-corrected chi connectivity index (χ3v) is 5.45. The van der Waals surface area contributed by atoms with Crippen LogP contribution in [0.15, 0.2) is 36.4 Å². The van der Waals surface area contributed by atoms with Gasteiger partial charge in [-0.3, -0.25) is 0 Å². The smallest absolute Gasteiger partial charge is 0.231 e. The molecule has 5 atom stereocenters. The Hall–Kier alpha value is -1.87. The largest absolute Gasteiger partial charge is 0.495 e. The van der Waals surface area contributed by atoms with Crippen molar-refractivity contribution in [3.63, 3.8) is 0 Å². The lowest BCUT2D eigenvalue weighted by Crippen LogP contribution is -2.66. The molecule has 2 aromatic rings. The molecule has 1 aliphatic heterocycles. The van der Waals surface area contributed by atoms with E-state index in [2.05, 4.69) is 0 Å². The van der Waals surface area contributed by atoms with Crippen molar-refractivity contribution in [2.45, 2.75) is 44.1 Å². The molecule has 1 aliphatic rings. The summed E-state index contributed by atoms with van der Waals surface area (Å²) in [5.41, 5.74) is 0.680. The number of ether oxygens (including phenoxy) is 3. The van der Waals surface area contributed by atoms with Crippen molar-refractivity contribution in [1.29, 1.82) is 0 Å². The van der Waals surface area contributed by atoms with Gasteiger partial charge in [0.05, 0.1) is 18.7 Å². The summed E-state index contributed by atoms with van der Waals surface area (Å²) in [6.45, 7) is 2.61. The number of aliphatic hydroxyl groups is 4. The van der Waals surface area contributed by atoms with Gasteiger partial charge in [-0.2, -0.15) is 0 Å². The molecule has 7 nitrogen and oxygen atoms in total. The van der Waals surface area contributed by atoms with Gasteiger partial charge in [0, 0.05) is 0 Å².